The second-order valence-electron chi connectivity index (χ2n) is 8.11. The van der Waals surface area contributed by atoms with Gasteiger partial charge in [-0.3, -0.25) is 9.59 Å². The number of hydrogen-bond donors (Lipinski definition) is 2. The number of rotatable bonds is 8. The Bertz CT molecular complexity index is 865. The molecule has 1 fully saturated rings. The molecule has 0 spiro atoms. The van der Waals surface area contributed by atoms with Gasteiger partial charge in [0.05, 0.1) is 12.8 Å². The van der Waals surface area contributed by atoms with Crippen molar-refractivity contribution in [2.45, 2.75) is 46.0 Å². The molecule has 1 aromatic carbocycles. The van der Waals surface area contributed by atoms with Crippen molar-refractivity contribution in [3.8, 4) is 0 Å². The van der Waals surface area contributed by atoms with Crippen LogP contribution in [0.15, 0.2) is 29.4 Å². The Kier molecular flexibility index (Phi) is 7.40. The van der Waals surface area contributed by atoms with Crippen molar-refractivity contribution in [1.29, 1.82) is 0 Å². The molecule has 31 heavy (non-hydrogen) atoms. The minimum absolute atomic E-state index is 0.215. The van der Waals surface area contributed by atoms with Crippen molar-refractivity contribution in [3.63, 3.8) is 0 Å². The van der Waals surface area contributed by atoms with Crippen LogP contribution in [0.5, 0.6) is 0 Å². The average molecular weight is 431 g/mol. The molecule has 168 valence electrons. The lowest BCUT2D eigenvalue weighted by atomic mass is 9.94. The zero-order valence-electron chi connectivity index (χ0n) is 18.5. The molecule has 2 aliphatic heterocycles. The number of para-hydroxylation sites is 1. The van der Waals surface area contributed by atoms with Crippen LogP contribution in [-0.4, -0.2) is 55.2 Å². The van der Waals surface area contributed by atoms with Gasteiger partial charge in [0.15, 0.2) is 5.84 Å². The SMILES string of the molecule is COC(=O)CCc1ccccc1N1C(=O)[N+](CCC2CCNCC2)(NC(C)=O)N=C1C. The molecule has 3 rings (SSSR count). The molecule has 2 N–H and O–H groups in total. The number of esters is 1. The Morgan fingerprint density at radius 2 is 2.00 bits per heavy atom. The first-order chi connectivity index (χ1) is 14.9. The van der Waals surface area contributed by atoms with Crippen LogP contribution in [0, 0.1) is 5.92 Å². The first kappa shape index (κ1) is 22.9. The molecule has 0 radical (unpaired) electrons. The van der Waals surface area contributed by atoms with Gasteiger partial charge >= 0.3 is 12.0 Å². The zero-order chi connectivity index (χ0) is 22.4. The van der Waals surface area contributed by atoms with E-state index in [9.17, 15) is 14.4 Å². The standard InChI is InChI=1S/C22H31N5O4/c1-16-24-27(25-17(2)28,15-12-18-10-13-23-14-11-18)22(30)26(16)20-7-5-4-6-19(20)8-9-21(29)31-3/h4-7,18,23H,8-15H2,1-3H3/p+1. The quantitative estimate of drug-likeness (QED) is 0.487. The number of anilines is 1. The maximum atomic E-state index is 13.7. The van der Waals surface area contributed by atoms with Crippen LogP contribution in [0.1, 0.15) is 45.1 Å². The van der Waals surface area contributed by atoms with Crippen LogP contribution < -0.4 is 15.6 Å². The molecule has 1 aromatic rings. The summed E-state index contributed by atoms with van der Waals surface area (Å²) in [5.74, 6) is 0.388. The second-order valence-corrected chi connectivity index (χ2v) is 8.11. The number of amides is 3. The second kappa shape index (κ2) is 10.0. The highest BCUT2D eigenvalue weighted by Crippen LogP contribution is 2.31. The Labute approximate surface area is 183 Å². The number of ether oxygens (including phenoxy) is 1. The fraction of sp³-hybridized carbons (Fsp3) is 0.545. The van der Waals surface area contributed by atoms with Gasteiger partial charge in [-0.15, -0.1) is 0 Å². The molecule has 3 amide bonds. The number of carbonyl (C=O) groups is 3. The first-order valence-corrected chi connectivity index (χ1v) is 10.8. The number of amidine groups is 1. The number of methoxy groups -OCH3 is 1. The lowest BCUT2D eigenvalue weighted by Crippen LogP contribution is -2.60. The van der Waals surface area contributed by atoms with E-state index in [1.165, 1.54) is 14.0 Å². The van der Waals surface area contributed by atoms with Crippen LogP contribution in [0.4, 0.5) is 10.5 Å². The minimum Gasteiger partial charge on any atom is -0.469 e. The first-order valence-electron chi connectivity index (χ1n) is 10.8. The number of urea groups is 1. The number of quaternary nitrogens is 1. The highest BCUT2D eigenvalue weighted by atomic mass is 16.5. The average Bonchev–Trinajstić information content (AvgIpc) is 3.00. The summed E-state index contributed by atoms with van der Waals surface area (Å²) >= 11 is 0. The molecule has 9 nitrogen and oxygen atoms in total. The van der Waals surface area contributed by atoms with Crippen LogP contribution in [0.25, 0.3) is 0 Å². The van der Waals surface area contributed by atoms with Gasteiger partial charge in [-0.05, 0) is 59.7 Å². The van der Waals surface area contributed by atoms with Gasteiger partial charge in [-0.2, -0.15) is 5.43 Å². The molecule has 0 aromatic heterocycles. The molecule has 0 bridgehead atoms. The molecule has 9 heteroatoms. The number of carbonyl (C=O) groups excluding carboxylic acids is 3. The largest absolute Gasteiger partial charge is 0.481 e. The van der Waals surface area contributed by atoms with Crippen molar-refractivity contribution in [2.24, 2.45) is 11.0 Å². The lowest BCUT2D eigenvalue weighted by Gasteiger charge is -2.29. The summed E-state index contributed by atoms with van der Waals surface area (Å²) < 4.78 is 4.29. The van der Waals surface area contributed by atoms with Crippen molar-refractivity contribution in [2.75, 3.05) is 31.6 Å². The van der Waals surface area contributed by atoms with E-state index < -0.39 is 4.70 Å². The third-order valence-corrected chi connectivity index (χ3v) is 5.87. The van der Waals surface area contributed by atoms with Gasteiger partial charge in [0, 0.05) is 26.7 Å². The summed E-state index contributed by atoms with van der Waals surface area (Å²) in [6.45, 7) is 5.51. The van der Waals surface area contributed by atoms with E-state index in [-0.39, 0.29) is 24.3 Å². The summed E-state index contributed by atoms with van der Waals surface area (Å²) in [5.41, 5.74) is 4.30. The maximum Gasteiger partial charge on any atom is 0.481 e. The van der Waals surface area contributed by atoms with Gasteiger partial charge in [0.2, 0.25) is 0 Å². The number of piperidine rings is 1. The highest BCUT2D eigenvalue weighted by Gasteiger charge is 2.51. The smallest absolute Gasteiger partial charge is 0.469 e. The fourth-order valence-corrected chi connectivity index (χ4v) is 4.27. The van der Waals surface area contributed by atoms with Gasteiger partial charge in [0.25, 0.3) is 5.91 Å². The molecular weight excluding hydrogens is 398 g/mol. The molecule has 2 heterocycles. The van der Waals surface area contributed by atoms with Crippen LogP contribution >= 0.6 is 0 Å². The van der Waals surface area contributed by atoms with E-state index >= 15 is 0 Å². The fourth-order valence-electron chi connectivity index (χ4n) is 4.27. The van der Waals surface area contributed by atoms with Crippen molar-refractivity contribution in [3.05, 3.63) is 29.8 Å². The van der Waals surface area contributed by atoms with Gasteiger partial charge in [0.1, 0.15) is 6.54 Å². The molecule has 0 saturated carbocycles. The molecule has 1 atom stereocenters. The third-order valence-electron chi connectivity index (χ3n) is 5.87. The Hall–Kier alpha value is -2.78. The highest BCUT2D eigenvalue weighted by molar-refractivity contribution is 6.16. The summed E-state index contributed by atoms with van der Waals surface area (Å²) in [4.78, 5) is 38.8. The maximum absolute atomic E-state index is 13.7. The summed E-state index contributed by atoms with van der Waals surface area (Å²) in [7, 11) is 1.36. The van der Waals surface area contributed by atoms with E-state index in [2.05, 4.69) is 15.8 Å². The number of benzene rings is 1. The van der Waals surface area contributed by atoms with Crippen LogP contribution in [0.2, 0.25) is 0 Å². The molecule has 2 aliphatic rings. The normalized spacial score (nSPS) is 21.7. The molecule has 0 aliphatic carbocycles. The summed E-state index contributed by atoms with van der Waals surface area (Å²) in [6, 6.07) is 7.13. The Balaban J connectivity index is 1.85. The monoisotopic (exact) mass is 430 g/mol. The van der Waals surface area contributed by atoms with E-state index in [0.29, 0.717) is 30.4 Å². The topological polar surface area (TPSA) is 100 Å². The number of nitrogens with one attached hydrogen (secondary N) is 2. The minimum atomic E-state index is -0.462. The molecular formula is C22H32N5O4+. The van der Waals surface area contributed by atoms with E-state index in [0.717, 1.165) is 37.9 Å². The van der Waals surface area contributed by atoms with Crippen LogP contribution in [0.3, 0.4) is 0 Å². The van der Waals surface area contributed by atoms with E-state index in [1.807, 2.05) is 24.3 Å². The third kappa shape index (κ3) is 5.29. The zero-order valence-corrected chi connectivity index (χ0v) is 18.5. The lowest BCUT2D eigenvalue weighted by molar-refractivity contribution is -0.888. The Morgan fingerprint density at radius 1 is 1.29 bits per heavy atom. The predicted octanol–water partition coefficient (Wildman–Crippen LogP) is 2.32. The van der Waals surface area contributed by atoms with E-state index in [4.69, 9.17) is 4.74 Å². The van der Waals surface area contributed by atoms with Crippen molar-refractivity contribution < 1.29 is 23.8 Å². The summed E-state index contributed by atoms with van der Waals surface area (Å²) in [5, 5.41) is 7.98. The summed E-state index contributed by atoms with van der Waals surface area (Å²) in [6.07, 6.45) is 3.55. The van der Waals surface area contributed by atoms with Crippen molar-refractivity contribution >= 4 is 29.4 Å². The molecule has 1 saturated heterocycles. The Morgan fingerprint density at radius 3 is 2.68 bits per heavy atom. The van der Waals surface area contributed by atoms with Gasteiger partial charge in [-0.25, -0.2) is 9.69 Å². The van der Waals surface area contributed by atoms with Crippen molar-refractivity contribution in [1.82, 2.24) is 10.7 Å². The van der Waals surface area contributed by atoms with Crippen LogP contribution in [-0.2, 0) is 20.7 Å². The molecule has 1 unspecified atom stereocenters. The number of hydrogen-bond acceptors (Lipinski definition) is 6. The van der Waals surface area contributed by atoms with E-state index in [1.54, 1.807) is 11.8 Å². The number of aryl methyl sites for hydroxylation is 1. The van der Waals surface area contributed by atoms with Gasteiger partial charge < -0.3 is 10.1 Å². The number of nitrogens with zero attached hydrogens (tertiary/aromatic N) is 3. The predicted molar refractivity (Wildman–Crippen MR) is 117 cm³/mol. The van der Waals surface area contributed by atoms with Gasteiger partial charge in [-0.1, -0.05) is 18.2 Å².